The molecule has 0 unspecified atom stereocenters. The van der Waals surface area contributed by atoms with E-state index in [9.17, 15) is 4.79 Å². The molecular weight excluding hydrogens is 302 g/mol. The van der Waals surface area contributed by atoms with E-state index >= 15 is 0 Å². The minimum Gasteiger partial charge on any atom is -0.391 e. The van der Waals surface area contributed by atoms with Gasteiger partial charge in [-0.1, -0.05) is 17.7 Å². The molecule has 1 heterocycles. The molecule has 1 aliphatic heterocycles. The van der Waals surface area contributed by atoms with Crippen LogP contribution in [-0.2, 0) is 4.79 Å². The second-order valence-electron chi connectivity index (χ2n) is 5.93. The second-order valence-corrected chi connectivity index (χ2v) is 6.34. The van der Waals surface area contributed by atoms with Crippen LogP contribution in [0.1, 0.15) is 12.0 Å². The van der Waals surface area contributed by atoms with Crippen LogP contribution in [0.25, 0.3) is 0 Å². The van der Waals surface area contributed by atoms with Crippen molar-refractivity contribution in [2.45, 2.75) is 13.3 Å². The molecule has 5 nitrogen and oxygen atoms in total. The number of piperazine rings is 1. The fraction of sp³-hybridized carbons (Fsp3) is 0.562. The maximum Gasteiger partial charge on any atom is 0.230 e. The van der Waals surface area contributed by atoms with E-state index in [0.29, 0.717) is 11.4 Å². The maximum atomic E-state index is 12.1. The lowest BCUT2D eigenvalue weighted by molar-refractivity contribution is -1.01. The number of carbonyl (C=O) groups is 1. The molecule has 1 aromatic rings. The SMILES string of the molecule is Cc1c(Cl)cccc1NC(=O)CC[NH+]1CC[NH+](CCO)CC1. The Morgan fingerprint density at radius 1 is 1.23 bits per heavy atom. The standard InChI is InChI=1S/C16H24ClN3O2/c1-13-14(17)3-2-4-15(13)18-16(22)5-6-19-7-9-20(10-8-19)11-12-21/h2-4,21H,5-12H2,1H3,(H,18,22)/p+2. The molecule has 0 aromatic heterocycles. The van der Waals surface area contributed by atoms with Gasteiger partial charge < -0.3 is 20.2 Å². The number of aliphatic hydroxyl groups is 1. The van der Waals surface area contributed by atoms with Gasteiger partial charge in [-0.05, 0) is 24.6 Å². The monoisotopic (exact) mass is 327 g/mol. The summed E-state index contributed by atoms with van der Waals surface area (Å²) in [5, 5.41) is 12.6. The Hall–Kier alpha value is -1.14. The van der Waals surface area contributed by atoms with Crippen LogP contribution in [0.15, 0.2) is 18.2 Å². The molecule has 1 amide bonds. The highest BCUT2D eigenvalue weighted by atomic mass is 35.5. The number of nitrogens with one attached hydrogen (secondary N) is 3. The zero-order chi connectivity index (χ0) is 15.9. The number of hydrogen-bond donors (Lipinski definition) is 4. The molecule has 1 aliphatic rings. The molecule has 0 saturated carbocycles. The average molecular weight is 328 g/mol. The number of anilines is 1. The normalized spacial score (nSPS) is 21.6. The number of rotatable bonds is 6. The summed E-state index contributed by atoms with van der Waals surface area (Å²) in [6.07, 6.45) is 0.524. The quantitative estimate of drug-likeness (QED) is 0.528. The third kappa shape index (κ3) is 4.95. The minimum absolute atomic E-state index is 0.0444. The van der Waals surface area contributed by atoms with Gasteiger partial charge in [0.25, 0.3) is 0 Å². The largest absolute Gasteiger partial charge is 0.391 e. The molecule has 1 saturated heterocycles. The van der Waals surface area contributed by atoms with E-state index in [1.54, 1.807) is 0 Å². The molecule has 0 aliphatic carbocycles. The summed E-state index contributed by atoms with van der Waals surface area (Å²) in [4.78, 5) is 15.0. The Morgan fingerprint density at radius 2 is 1.86 bits per heavy atom. The minimum atomic E-state index is 0.0444. The van der Waals surface area contributed by atoms with Crippen molar-refractivity contribution in [1.82, 2.24) is 0 Å². The van der Waals surface area contributed by atoms with Crippen molar-refractivity contribution in [2.75, 3.05) is 51.2 Å². The van der Waals surface area contributed by atoms with Gasteiger partial charge in [0.2, 0.25) is 5.91 Å². The molecule has 22 heavy (non-hydrogen) atoms. The first-order valence-electron chi connectivity index (χ1n) is 7.93. The number of halogens is 1. The van der Waals surface area contributed by atoms with Crippen LogP contribution >= 0.6 is 11.6 Å². The van der Waals surface area contributed by atoms with Crippen LogP contribution < -0.4 is 15.1 Å². The zero-order valence-corrected chi connectivity index (χ0v) is 13.9. The molecule has 0 radical (unpaired) electrons. The molecule has 0 bridgehead atoms. The molecule has 6 heteroatoms. The molecule has 4 N–H and O–H groups in total. The third-order valence-electron chi connectivity index (χ3n) is 4.38. The van der Waals surface area contributed by atoms with Gasteiger partial charge in [-0.3, -0.25) is 4.79 Å². The summed E-state index contributed by atoms with van der Waals surface area (Å²) < 4.78 is 0. The van der Waals surface area contributed by atoms with Gasteiger partial charge >= 0.3 is 0 Å². The smallest absolute Gasteiger partial charge is 0.230 e. The first-order valence-corrected chi connectivity index (χ1v) is 8.31. The lowest BCUT2D eigenvalue weighted by Crippen LogP contribution is -3.28. The number of amides is 1. The van der Waals surface area contributed by atoms with Gasteiger partial charge in [-0.2, -0.15) is 0 Å². The Kier molecular flexibility index (Phi) is 6.64. The van der Waals surface area contributed by atoms with Gasteiger partial charge in [0.1, 0.15) is 32.7 Å². The number of benzene rings is 1. The van der Waals surface area contributed by atoms with Crippen molar-refractivity contribution in [3.8, 4) is 0 Å². The third-order valence-corrected chi connectivity index (χ3v) is 4.79. The molecular formula is C16H26ClN3O2+2. The number of hydrogen-bond acceptors (Lipinski definition) is 2. The molecule has 122 valence electrons. The summed E-state index contributed by atoms with van der Waals surface area (Å²) in [5.74, 6) is 0.0444. The summed E-state index contributed by atoms with van der Waals surface area (Å²) in [6, 6.07) is 5.55. The highest BCUT2D eigenvalue weighted by Gasteiger charge is 2.22. The van der Waals surface area contributed by atoms with Crippen LogP contribution in [-0.4, -0.2) is 56.9 Å². The van der Waals surface area contributed by atoms with E-state index in [-0.39, 0.29) is 12.5 Å². The summed E-state index contributed by atoms with van der Waals surface area (Å²) in [7, 11) is 0. The molecule has 1 aromatic carbocycles. The van der Waals surface area contributed by atoms with Crippen LogP contribution in [0.4, 0.5) is 5.69 Å². The van der Waals surface area contributed by atoms with Crippen molar-refractivity contribution in [1.29, 1.82) is 0 Å². The number of carbonyl (C=O) groups excluding carboxylic acids is 1. The molecule has 0 spiro atoms. The van der Waals surface area contributed by atoms with Crippen LogP contribution in [0, 0.1) is 6.92 Å². The predicted molar refractivity (Wildman–Crippen MR) is 87.6 cm³/mol. The average Bonchev–Trinajstić information content (AvgIpc) is 2.51. The van der Waals surface area contributed by atoms with Crippen molar-refractivity contribution in [2.24, 2.45) is 0 Å². The van der Waals surface area contributed by atoms with E-state index in [1.165, 1.54) is 9.80 Å². The van der Waals surface area contributed by atoms with Gasteiger partial charge in [0.05, 0.1) is 19.6 Å². The van der Waals surface area contributed by atoms with Crippen LogP contribution in [0.2, 0.25) is 5.02 Å². The molecule has 2 rings (SSSR count). The van der Waals surface area contributed by atoms with Crippen molar-refractivity contribution >= 4 is 23.2 Å². The van der Waals surface area contributed by atoms with E-state index in [4.69, 9.17) is 16.7 Å². The van der Waals surface area contributed by atoms with Crippen molar-refractivity contribution < 1.29 is 19.7 Å². The van der Waals surface area contributed by atoms with Gasteiger partial charge in [0.15, 0.2) is 0 Å². The number of quaternary nitrogens is 2. The van der Waals surface area contributed by atoms with Crippen LogP contribution in [0.5, 0.6) is 0 Å². The van der Waals surface area contributed by atoms with Gasteiger partial charge in [-0.15, -0.1) is 0 Å². The Morgan fingerprint density at radius 3 is 2.50 bits per heavy atom. The lowest BCUT2D eigenvalue weighted by Gasteiger charge is -2.29. The second kappa shape index (κ2) is 8.48. The summed E-state index contributed by atoms with van der Waals surface area (Å²) in [5.41, 5.74) is 1.70. The topological polar surface area (TPSA) is 58.2 Å². The highest BCUT2D eigenvalue weighted by Crippen LogP contribution is 2.22. The fourth-order valence-corrected chi connectivity index (χ4v) is 3.04. The molecule has 1 fully saturated rings. The predicted octanol–water partition coefficient (Wildman–Crippen LogP) is -1.25. The maximum absolute atomic E-state index is 12.1. The van der Waals surface area contributed by atoms with Crippen molar-refractivity contribution in [3.05, 3.63) is 28.8 Å². The number of aliphatic hydroxyl groups excluding tert-OH is 1. The van der Waals surface area contributed by atoms with Gasteiger partial charge in [-0.25, -0.2) is 0 Å². The van der Waals surface area contributed by atoms with Gasteiger partial charge in [0, 0.05) is 10.7 Å². The van der Waals surface area contributed by atoms with E-state index in [2.05, 4.69) is 5.32 Å². The highest BCUT2D eigenvalue weighted by molar-refractivity contribution is 6.31. The lowest BCUT2D eigenvalue weighted by atomic mass is 10.2. The fourth-order valence-electron chi connectivity index (χ4n) is 2.86. The Balaban J connectivity index is 1.73. The first kappa shape index (κ1) is 17.2. The first-order chi connectivity index (χ1) is 10.6. The van der Waals surface area contributed by atoms with E-state index < -0.39 is 0 Å². The summed E-state index contributed by atoms with van der Waals surface area (Å²) in [6.45, 7) is 8.14. The van der Waals surface area contributed by atoms with E-state index in [1.807, 2.05) is 25.1 Å². The zero-order valence-electron chi connectivity index (χ0n) is 13.1. The Labute approximate surface area is 136 Å². The Bertz CT molecular complexity index is 502. The van der Waals surface area contributed by atoms with Crippen molar-refractivity contribution in [3.63, 3.8) is 0 Å². The molecule has 0 atom stereocenters. The van der Waals surface area contributed by atoms with Crippen LogP contribution in [0.3, 0.4) is 0 Å². The van der Waals surface area contributed by atoms with E-state index in [0.717, 1.165) is 50.5 Å². The summed E-state index contributed by atoms with van der Waals surface area (Å²) >= 11 is 6.06.